The van der Waals surface area contributed by atoms with Crippen molar-refractivity contribution in [2.45, 2.75) is 33.1 Å². The minimum absolute atomic E-state index is 0.00208. The van der Waals surface area contributed by atoms with Gasteiger partial charge >= 0.3 is 11.9 Å². The van der Waals surface area contributed by atoms with E-state index in [2.05, 4.69) is 5.32 Å². The molecule has 0 bridgehead atoms. The molecule has 1 amide bonds. The number of hydrogen-bond acceptors (Lipinski definition) is 3. The summed E-state index contributed by atoms with van der Waals surface area (Å²) in [6.45, 7) is 3.33. The van der Waals surface area contributed by atoms with Crippen LogP contribution in [0.2, 0.25) is 5.02 Å². The van der Waals surface area contributed by atoms with E-state index in [9.17, 15) is 27.6 Å². The van der Waals surface area contributed by atoms with E-state index in [4.69, 9.17) is 11.6 Å². The topological polar surface area (TPSA) is 73.1 Å². The van der Waals surface area contributed by atoms with E-state index < -0.39 is 35.4 Å². The van der Waals surface area contributed by atoms with Crippen LogP contribution in [0.15, 0.2) is 52.1 Å². The van der Waals surface area contributed by atoms with Crippen LogP contribution in [0, 0.1) is 5.92 Å². The molecular weight excluding hydrogens is 435 g/mol. The van der Waals surface area contributed by atoms with E-state index in [1.165, 1.54) is 6.07 Å². The number of rotatable bonds is 5. The number of carbonyl (C=O) groups excluding carboxylic acids is 1. The number of nitrogens with one attached hydrogen (secondary N) is 1. The van der Waals surface area contributed by atoms with Crippen molar-refractivity contribution >= 4 is 34.1 Å². The summed E-state index contributed by atoms with van der Waals surface area (Å²) in [4.78, 5) is 38.3. The molecule has 0 atom stereocenters. The Morgan fingerprint density at radius 1 is 1.10 bits per heavy atom. The Labute approximate surface area is 179 Å². The first-order valence-corrected chi connectivity index (χ1v) is 9.76. The minimum atomic E-state index is -4.61. The molecule has 31 heavy (non-hydrogen) atoms. The molecule has 0 saturated carbocycles. The standard InChI is InChI=1S/C21H19ClF3N3O3/c1-12(2)10-28-19(30)14-5-3-4-6-17(14)27(20(28)31)11-18(29)26-16-9-13(21(23,24)25)7-8-15(16)22/h3-9,12H,10-11H2,1-2H3,(H,26,29). The van der Waals surface area contributed by atoms with E-state index in [1.54, 1.807) is 18.2 Å². The second-order valence-electron chi connectivity index (χ2n) is 7.44. The van der Waals surface area contributed by atoms with Crippen molar-refractivity contribution in [2.75, 3.05) is 5.32 Å². The van der Waals surface area contributed by atoms with Gasteiger partial charge in [0.25, 0.3) is 5.56 Å². The molecule has 164 valence electrons. The summed E-state index contributed by atoms with van der Waals surface area (Å²) in [5.41, 5.74) is -2.09. The quantitative estimate of drug-likeness (QED) is 0.631. The normalized spacial score (nSPS) is 11.8. The van der Waals surface area contributed by atoms with Gasteiger partial charge in [-0.1, -0.05) is 37.6 Å². The van der Waals surface area contributed by atoms with Crippen LogP contribution in [0.5, 0.6) is 0 Å². The van der Waals surface area contributed by atoms with Gasteiger partial charge in [-0.2, -0.15) is 13.2 Å². The first-order chi connectivity index (χ1) is 14.5. The number of amides is 1. The van der Waals surface area contributed by atoms with Crippen LogP contribution >= 0.6 is 11.6 Å². The van der Waals surface area contributed by atoms with Gasteiger partial charge in [0, 0.05) is 6.54 Å². The van der Waals surface area contributed by atoms with Gasteiger partial charge < -0.3 is 5.32 Å². The fraction of sp³-hybridized carbons (Fsp3) is 0.286. The van der Waals surface area contributed by atoms with E-state index in [-0.39, 0.29) is 34.1 Å². The average molecular weight is 454 g/mol. The van der Waals surface area contributed by atoms with Crippen LogP contribution in [0.4, 0.5) is 18.9 Å². The number of hydrogen-bond donors (Lipinski definition) is 1. The van der Waals surface area contributed by atoms with Gasteiger partial charge in [-0.15, -0.1) is 0 Å². The lowest BCUT2D eigenvalue weighted by atomic mass is 10.2. The second kappa shape index (κ2) is 8.58. The predicted octanol–water partition coefficient (Wildman–Crippen LogP) is 4.13. The lowest BCUT2D eigenvalue weighted by molar-refractivity contribution is -0.137. The van der Waals surface area contributed by atoms with Crippen molar-refractivity contribution in [2.24, 2.45) is 5.92 Å². The third-order valence-electron chi connectivity index (χ3n) is 4.55. The van der Waals surface area contributed by atoms with Crippen molar-refractivity contribution in [3.05, 3.63) is 73.9 Å². The molecule has 1 aromatic heterocycles. The number of benzene rings is 2. The van der Waals surface area contributed by atoms with Gasteiger partial charge in [0.2, 0.25) is 5.91 Å². The summed E-state index contributed by atoms with van der Waals surface area (Å²) in [7, 11) is 0. The smallest absolute Gasteiger partial charge is 0.323 e. The van der Waals surface area contributed by atoms with Crippen molar-refractivity contribution in [3.8, 4) is 0 Å². The zero-order valence-corrected chi connectivity index (χ0v) is 17.4. The van der Waals surface area contributed by atoms with Crippen LogP contribution in [-0.2, 0) is 24.1 Å². The Morgan fingerprint density at radius 2 is 1.77 bits per heavy atom. The molecule has 0 aliphatic heterocycles. The molecule has 1 N–H and O–H groups in total. The molecule has 3 rings (SSSR count). The van der Waals surface area contributed by atoms with Crippen LogP contribution in [0.25, 0.3) is 10.9 Å². The molecule has 3 aromatic rings. The molecule has 6 nitrogen and oxygen atoms in total. The largest absolute Gasteiger partial charge is 0.416 e. The summed E-state index contributed by atoms with van der Waals surface area (Å²) in [6, 6.07) is 8.89. The van der Waals surface area contributed by atoms with Crippen molar-refractivity contribution in [3.63, 3.8) is 0 Å². The number of halogens is 4. The maximum Gasteiger partial charge on any atom is 0.416 e. The molecule has 2 aromatic carbocycles. The predicted molar refractivity (Wildman–Crippen MR) is 112 cm³/mol. The number of aromatic nitrogens is 2. The molecule has 0 aliphatic rings. The lowest BCUT2D eigenvalue weighted by Crippen LogP contribution is -2.42. The number of carbonyl (C=O) groups is 1. The minimum Gasteiger partial charge on any atom is -0.323 e. The molecule has 1 heterocycles. The number of nitrogens with zero attached hydrogens (tertiary/aromatic N) is 2. The van der Waals surface area contributed by atoms with E-state index in [0.717, 1.165) is 27.3 Å². The third kappa shape index (κ3) is 4.82. The van der Waals surface area contributed by atoms with Crippen LogP contribution in [0.3, 0.4) is 0 Å². The molecule has 10 heteroatoms. The fourth-order valence-electron chi connectivity index (χ4n) is 3.18. The third-order valence-corrected chi connectivity index (χ3v) is 4.88. The number of para-hydroxylation sites is 1. The maximum atomic E-state index is 13.0. The Bertz CT molecular complexity index is 1260. The summed E-state index contributed by atoms with van der Waals surface area (Å²) in [5.74, 6) is -0.763. The highest BCUT2D eigenvalue weighted by molar-refractivity contribution is 6.33. The Morgan fingerprint density at radius 3 is 2.42 bits per heavy atom. The van der Waals surface area contributed by atoms with Crippen LogP contribution in [-0.4, -0.2) is 15.0 Å². The lowest BCUT2D eigenvalue weighted by Gasteiger charge is -2.16. The van der Waals surface area contributed by atoms with E-state index in [0.29, 0.717) is 0 Å². The van der Waals surface area contributed by atoms with Crippen LogP contribution < -0.4 is 16.6 Å². The monoisotopic (exact) mass is 453 g/mol. The SMILES string of the molecule is CC(C)Cn1c(=O)c2ccccc2n(CC(=O)Nc2cc(C(F)(F)F)ccc2Cl)c1=O. The van der Waals surface area contributed by atoms with Gasteiger partial charge in [-0.3, -0.25) is 18.7 Å². The van der Waals surface area contributed by atoms with E-state index >= 15 is 0 Å². The average Bonchev–Trinajstić information content (AvgIpc) is 2.69. The number of alkyl halides is 3. The zero-order chi connectivity index (χ0) is 22.9. The highest BCUT2D eigenvalue weighted by Crippen LogP contribution is 2.33. The fourth-order valence-corrected chi connectivity index (χ4v) is 3.35. The molecule has 0 radical (unpaired) electrons. The van der Waals surface area contributed by atoms with Gasteiger partial charge in [0.05, 0.1) is 27.2 Å². The van der Waals surface area contributed by atoms with Crippen LogP contribution in [0.1, 0.15) is 19.4 Å². The second-order valence-corrected chi connectivity index (χ2v) is 7.84. The summed E-state index contributed by atoms with van der Waals surface area (Å²) in [5, 5.41) is 2.50. The summed E-state index contributed by atoms with van der Waals surface area (Å²) in [6.07, 6.45) is -4.61. The van der Waals surface area contributed by atoms with Crippen molar-refractivity contribution in [1.82, 2.24) is 9.13 Å². The zero-order valence-electron chi connectivity index (χ0n) is 16.7. The van der Waals surface area contributed by atoms with Crippen molar-refractivity contribution < 1.29 is 18.0 Å². The highest BCUT2D eigenvalue weighted by Gasteiger charge is 2.31. The Balaban J connectivity index is 2.02. The van der Waals surface area contributed by atoms with Gasteiger partial charge in [0.1, 0.15) is 6.54 Å². The molecule has 0 saturated heterocycles. The molecular formula is C21H19ClF3N3O3. The van der Waals surface area contributed by atoms with Gasteiger partial charge in [-0.25, -0.2) is 4.79 Å². The number of anilines is 1. The van der Waals surface area contributed by atoms with Crippen molar-refractivity contribution in [1.29, 1.82) is 0 Å². The molecule has 0 fully saturated rings. The van der Waals surface area contributed by atoms with E-state index in [1.807, 2.05) is 13.8 Å². The number of fused-ring (bicyclic) bond motifs is 1. The Hall–Kier alpha value is -3.07. The molecule has 0 spiro atoms. The highest BCUT2D eigenvalue weighted by atomic mass is 35.5. The first kappa shape index (κ1) is 22.6. The first-order valence-electron chi connectivity index (χ1n) is 9.38. The summed E-state index contributed by atoms with van der Waals surface area (Å²) >= 11 is 5.93. The molecule has 0 unspecified atom stereocenters. The molecule has 0 aliphatic carbocycles. The Kier molecular flexibility index (Phi) is 6.26. The van der Waals surface area contributed by atoms with Gasteiger partial charge in [-0.05, 0) is 36.2 Å². The van der Waals surface area contributed by atoms with Gasteiger partial charge in [0.15, 0.2) is 0 Å². The summed E-state index contributed by atoms with van der Waals surface area (Å²) < 4.78 is 41.1. The maximum absolute atomic E-state index is 13.0.